The van der Waals surface area contributed by atoms with Crippen molar-refractivity contribution in [3.63, 3.8) is 0 Å². The van der Waals surface area contributed by atoms with Gasteiger partial charge >= 0.3 is 0 Å². The molecule has 132 valence electrons. The van der Waals surface area contributed by atoms with E-state index in [1.807, 2.05) is 42.5 Å². The molecular formula is C19H16ClN3O2S. The number of nitrogens with one attached hydrogen (secondary N) is 1. The molecule has 1 N–H and O–H groups in total. The molecule has 1 saturated carbocycles. The van der Waals surface area contributed by atoms with Crippen LogP contribution >= 0.6 is 23.4 Å². The average molecular weight is 386 g/mol. The van der Waals surface area contributed by atoms with Crippen molar-refractivity contribution in [3.8, 4) is 11.5 Å². The maximum absolute atomic E-state index is 12.7. The zero-order valence-corrected chi connectivity index (χ0v) is 15.3. The van der Waals surface area contributed by atoms with Crippen LogP contribution in [0, 0.1) is 0 Å². The molecule has 0 bridgehead atoms. The monoisotopic (exact) mass is 385 g/mol. The third kappa shape index (κ3) is 4.08. The van der Waals surface area contributed by atoms with Gasteiger partial charge in [0.05, 0.1) is 0 Å². The fourth-order valence-electron chi connectivity index (χ4n) is 2.50. The van der Waals surface area contributed by atoms with E-state index in [4.69, 9.17) is 16.0 Å². The van der Waals surface area contributed by atoms with E-state index < -0.39 is 5.25 Å². The zero-order chi connectivity index (χ0) is 17.9. The van der Waals surface area contributed by atoms with Crippen LogP contribution in [-0.2, 0) is 4.79 Å². The Morgan fingerprint density at radius 2 is 1.96 bits per heavy atom. The molecule has 1 aliphatic rings. The molecule has 5 nitrogen and oxygen atoms in total. The smallest absolute Gasteiger partial charge is 0.277 e. The number of carbonyl (C=O) groups is 1. The number of hydrogen-bond donors (Lipinski definition) is 1. The maximum atomic E-state index is 12.7. The second-order valence-corrected chi connectivity index (χ2v) is 7.57. The number of rotatable bonds is 6. The Balaban J connectivity index is 1.56. The van der Waals surface area contributed by atoms with Crippen molar-refractivity contribution in [2.75, 3.05) is 0 Å². The Labute approximate surface area is 160 Å². The Hall–Kier alpha value is -2.31. The van der Waals surface area contributed by atoms with Gasteiger partial charge in [-0.15, -0.1) is 10.2 Å². The summed E-state index contributed by atoms with van der Waals surface area (Å²) in [5.74, 6) is 0.343. The van der Waals surface area contributed by atoms with Crippen LogP contribution in [0.3, 0.4) is 0 Å². The van der Waals surface area contributed by atoms with Crippen molar-refractivity contribution in [2.24, 2.45) is 0 Å². The molecule has 0 spiro atoms. The maximum Gasteiger partial charge on any atom is 0.277 e. The van der Waals surface area contributed by atoms with Crippen molar-refractivity contribution in [2.45, 2.75) is 29.4 Å². The predicted octanol–water partition coefficient (Wildman–Crippen LogP) is 4.50. The summed E-state index contributed by atoms with van der Waals surface area (Å²) in [7, 11) is 0. The van der Waals surface area contributed by atoms with E-state index in [9.17, 15) is 4.79 Å². The number of thioether (sulfide) groups is 1. The number of aromatic nitrogens is 2. The Kier molecular flexibility index (Phi) is 4.95. The molecule has 4 rings (SSSR count). The summed E-state index contributed by atoms with van der Waals surface area (Å²) in [4.78, 5) is 12.7. The standard InChI is InChI=1S/C19H16ClN3O2S/c20-14-8-4-7-13(11-14)18-22-23-19(25-18)26-16(12-5-2-1-3-6-12)17(24)21-15-9-10-15/h1-8,11,15-16H,9-10H2,(H,21,24)/t16-/m1/s1. The summed E-state index contributed by atoms with van der Waals surface area (Å²) in [5, 5.41) is 11.7. The largest absolute Gasteiger partial charge is 0.411 e. The molecule has 1 heterocycles. The number of benzene rings is 2. The SMILES string of the molecule is O=C(NC1CC1)[C@H](Sc1nnc(-c2cccc(Cl)c2)o1)c1ccccc1. The molecule has 2 aromatic carbocycles. The van der Waals surface area contributed by atoms with E-state index in [1.54, 1.807) is 12.1 Å². The van der Waals surface area contributed by atoms with Gasteiger partial charge in [0.1, 0.15) is 5.25 Å². The summed E-state index contributed by atoms with van der Waals surface area (Å²) in [6, 6.07) is 17.1. The first kappa shape index (κ1) is 17.1. The Morgan fingerprint density at radius 3 is 2.69 bits per heavy atom. The van der Waals surface area contributed by atoms with E-state index in [0.29, 0.717) is 22.2 Å². The lowest BCUT2D eigenvalue weighted by Crippen LogP contribution is -2.29. The van der Waals surface area contributed by atoms with E-state index in [0.717, 1.165) is 24.0 Å². The van der Waals surface area contributed by atoms with Crippen LogP contribution < -0.4 is 5.32 Å². The molecule has 1 atom stereocenters. The molecule has 26 heavy (non-hydrogen) atoms. The fraction of sp³-hybridized carbons (Fsp3) is 0.211. The Morgan fingerprint density at radius 1 is 1.15 bits per heavy atom. The normalized spacial score (nSPS) is 14.8. The third-order valence-electron chi connectivity index (χ3n) is 3.96. The average Bonchev–Trinajstić information content (AvgIpc) is 3.34. The molecule has 1 aromatic heterocycles. The van der Waals surface area contributed by atoms with Gasteiger partial charge in [0.2, 0.25) is 11.8 Å². The summed E-state index contributed by atoms with van der Waals surface area (Å²) in [6.45, 7) is 0. The summed E-state index contributed by atoms with van der Waals surface area (Å²) in [6.07, 6.45) is 2.08. The molecule has 0 radical (unpaired) electrons. The predicted molar refractivity (Wildman–Crippen MR) is 101 cm³/mol. The van der Waals surface area contributed by atoms with Crippen LogP contribution in [0.25, 0.3) is 11.5 Å². The van der Waals surface area contributed by atoms with Gasteiger partial charge in [-0.2, -0.15) is 0 Å². The lowest BCUT2D eigenvalue weighted by molar-refractivity contribution is -0.120. The number of nitrogens with zero attached hydrogens (tertiary/aromatic N) is 2. The number of hydrogen-bond acceptors (Lipinski definition) is 5. The highest BCUT2D eigenvalue weighted by molar-refractivity contribution is 8.00. The summed E-state index contributed by atoms with van der Waals surface area (Å²) in [5.41, 5.74) is 1.65. The second-order valence-electron chi connectivity index (χ2n) is 6.07. The highest BCUT2D eigenvalue weighted by atomic mass is 35.5. The van der Waals surface area contributed by atoms with Gasteiger partial charge in [-0.25, -0.2) is 0 Å². The highest BCUT2D eigenvalue weighted by Gasteiger charge is 2.30. The molecular weight excluding hydrogens is 370 g/mol. The van der Waals surface area contributed by atoms with Crippen LogP contribution in [0.5, 0.6) is 0 Å². The van der Waals surface area contributed by atoms with Crippen molar-refractivity contribution >= 4 is 29.3 Å². The molecule has 1 fully saturated rings. The molecule has 1 aliphatic carbocycles. The Bertz CT molecular complexity index is 912. The van der Waals surface area contributed by atoms with Crippen molar-refractivity contribution in [1.29, 1.82) is 0 Å². The molecule has 0 saturated heterocycles. The van der Waals surface area contributed by atoms with E-state index >= 15 is 0 Å². The minimum atomic E-state index is -0.440. The van der Waals surface area contributed by atoms with Crippen LogP contribution in [-0.4, -0.2) is 22.1 Å². The van der Waals surface area contributed by atoms with Crippen LogP contribution in [0.2, 0.25) is 5.02 Å². The first-order chi connectivity index (χ1) is 12.7. The van der Waals surface area contributed by atoms with Gasteiger partial charge in [0.25, 0.3) is 5.22 Å². The highest BCUT2D eigenvalue weighted by Crippen LogP contribution is 2.36. The van der Waals surface area contributed by atoms with Crippen LogP contribution in [0.15, 0.2) is 64.2 Å². The van der Waals surface area contributed by atoms with Gasteiger partial charge in [-0.05, 0) is 48.4 Å². The third-order valence-corrected chi connectivity index (χ3v) is 5.28. The number of amides is 1. The van der Waals surface area contributed by atoms with E-state index in [2.05, 4.69) is 15.5 Å². The first-order valence-corrected chi connectivity index (χ1v) is 9.56. The number of halogens is 1. The first-order valence-electron chi connectivity index (χ1n) is 8.30. The molecule has 0 aliphatic heterocycles. The van der Waals surface area contributed by atoms with Crippen LogP contribution in [0.4, 0.5) is 0 Å². The summed E-state index contributed by atoms with van der Waals surface area (Å²) < 4.78 is 5.75. The minimum Gasteiger partial charge on any atom is -0.411 e. The zero-order valence-electron chi connectivity index (χ0n) is 13.8. The van der Waals surface area contributed by atoms with E-state index in [-0.39, 0.29) is 5.91 Å². The topological polar surface area (TPSA) is 68.0 Å². The van der Waals surface area contributed by atoms with Crippen molar-refractivity contribution in [1.82, 2.24) is 15.5 Å². The van der Waals surface area contributed by atoms with Gasteiger partial charge in [-0.3, -0.25) is 4.79 Å². The minimum absolute atomic E-state index is 0.0359. The summed E-state index contributed by atoms with van der Waals surface area (Å²) >= 11 is 7.27. The molecule has 1 amide bonds. The fourth-order valence-corrected chi connectivity index (χ4v) is 3.58. The van der Waals surface area contributed by atoms with Gasteiger partial charge < -0.3 is 9.73 Å². The van der Waals surface area contributed by atoms with Crippen LogP contribution in [0.1, 0.15) is 23.7 Å². The van der Waals surface area contributed by atoms with Gasteiger partial charge in [-0.1, -0.05) is 48.0 Å². The molecule has 3 aromatic rings. The van der Waals surface area contributed by atoms with Gasteiger partial charge in [0, 0.05) is 16.6 Å². The lowest BCUT2D eigenvalue weighted by Gasteiger charge is -2.14. The second kappa shape index (κ2) is 7.51. The number of carbonyl (C=O) groups excluding carboxylic acids is 1. The van der Waals surface area contributed by atoms with E-state index in [1.165, 1.54) is 11.8 Å². The molecule has 0 unspecified atom stereocenters. The van der Waals surface area contributed by atoms with Gasteiger partial charge in [0.15, 0.2) is 0 Å². The van der Waals surface area contributed by atoms with Crippen molar-refractivity contribution < 1.29 is 9.21 Å². The molecule has 7 heteroatoms. The quantitative estimate of drug-likeness (QED) is 0.632. The lowest BCUT2D eigenvalue weighted by atomic mass is 10.1. The van der Waals surface area contributed by atoms with Crippen molar-refractivity contribution in [3.05, 3.63) is 65.2 Å².